The van der Waals surface area contributed by atoms with Crippen LogP contribution in [-0.4, -0.2) is 136 Å². The molecular weight excluding hydrogens is 1150 g/mol. The third-order valence-electron chi connectivity index (χ3n) is 16.6. The average Bonchev–Trinajstić information content (AvgIpc) is 1.14. The Morgan fingerprint density at radius 1 is 0.900 bits per heavy atom. The Morgan fingerprint density at radius 2 is 1.59 bits per heavy atom. The van der Waals surface area contributed by atoms with Crippen LogP contribution in [0.1, 0.15) is 126 Å². The lowest BCUT2D eigenvalue weighted by Gasteiger charge is -2.42. The summed E-state index contributed by atoms with van der Waals surface area (Å²) < 4.78 is 8.16. The van der Waals surface area contributed by atoms with Gasteiger partial charge in [-0.05, 0) is 126 Å². The molecule has 5 heterocycles. The van der Waals surface area contributed by atoms with E-state index >= 15 is 0 Å². The maximum atomic E-state index is 13.8. The molecule has 6 aromatic rings. The fourth-order valence-corrected chi connectivity index (χ4v) is 12.3. The molecule has 0 saturated carbocycles. The van der Waals surface area contributed by atoms with Gasteiger partial charge in [0.2, 0.25) is 17.6 Å². The molecule has 10 rings (SSSR count). The predicted octanol–water partition coefficient (Wildman–Crippen LogP) is 5.58. The van der Waals surface area contributed by atoms with Crippen LogP contribution in [0.4, 0.5) is 0 Å². The van der Waals surface area contributed by atoms with E-state index in [0.29, 0.717) is 62.1 Å². The van der Waals surface area contributed by atoms with Crippen molar-refractivity contribution < 1.29 is 34.4 Å². The molecule has 0 radical (unpaired) electrons. The van der Waals surface area contributed by atoms with Crippen molar-refractivity contribution in [1.29, 1.82) is 0 Å². The molecule has 7 N–H and O–H groups in total. The number of β-amino-alcohol motifs (C(OH)–C–C–N with tert-alkyl or cyclic N) is 1. The molecule has 0 unspecified atom stereocenters. The number of hydrogen-bond donors (Lipinski definition) is 7. The summed E-state index contributed by atoms with van der Waals surface area (Å²) in [5.74, 6) is -0.770. The van der Waals surface area contributed by atoms with Gasteiger partial charge in [-0.2, -0.15) is 0 Å². The van der Waals surface area contributed by atoms with E-state index in [1.807, 2.05) is 133 Å². The largest absolute Gasteiger partial charge is 0.394 e. The number of azide groups is 1. The molecule has 8 atom stereocenters. The Balaban J connectivity index is 0.000000195. The third-order valence-corrected chi connectivity index (χ3v) is 16.6. The molecular formula is C67H84N12O11. The van der Waals surface area contributed by atoms with Crippen molar-refractivity contribution in [3.63, 3.8) is 0 Å². The molecule has 2 aliphatic heterocycles. The molecule has 90 heavy (non-hydrogen) atoms. The van der Waals surface area contributed by atoms with Crippen molar-refractivity contribution in [3.8, 4) is 0 Å². The number of benzene rings is 3. The zero-order valence-corrected chi connectivity index (χ0v) is 52.3. The number of aromatic nitrogens is 5. The van der Waals surface area contributed by atoms with Crippen molar-refractivity contribution in [2.24, 2.45) is 17.0 Å². The highest BCUT2D eigenvalue weighted by atomic mass is 16.5. The number of carbonyl (C=O) groups excluding carboxylic acids is 3. The Morgan fingerprint density at radius 3 is 2.26 bits per heavy atom. The number of aromatic amines is 2. The van der Waals surface area contributed by atoms with Gasteiger partial charge >= 0.3 is 11.4 Å². The number of allylic oxidation sites excluding steroid dienone is 2. The normalized spacial score (nSPS) is 20.6. The molecule has 23 heteroatoms. The minimum atomic E-state index is -0.833. The van der Waals surface area contributed by atoms with Crippen molar-refractivity contribution in [1.82, 2.24) is 44.5 Å². The second kappa shape index (κ2) is 30.9. The van der Waals surface area contributed by atoms with Crippen LogP contribution >= 0.6 is 0 Å². The second-order valence-electron chi connectivity index (χ2n) is 24.9. The standard InChI is InChI=1S/C36H47N5O4.C21H24N2O3.C10H13N5O4/c1-36(2,3)39-35(45)31-24-40(22-26-12-9-15-37-21-26)16-17-41(31)23-29(42)19-28(18-25-10-5-4-6-11-25)34(44)38-33-30-14-8-7-13-27(30)20-32(33)43;1-4-17-18(19(24)16-10-13(2)9-14(3)11-16)23(21(26)22-20(17)25)12-15-7-5-6-8-15;1-5-3-15(10(18)12-9(5)17)8-2-6(13-14-11)7(4-16)19-8/h4-15,21,28-29,31-33,42-43H,16-20,22-24H2,1-3H3,(H,38,44)(H,39,45);5-6,9-11,15H,4,7-8,12H2,1-3H3,(H,22,25,26);3,6-8,16H,2,4H2,1H3,(H,12,17,18)/t28-,29-,31-,32+,33-;;6-,7+,8+/m0.0/s1. The molecule has 3 aromatic heterocycles. The first-order chi connectivity index (χ1) is 43.0. The van der Waals surface area contributed by atoms with Gasteiger partial charge in [0.15, 0.2) is 0 Å². The number of carbonyl (C=O) groups is 3. The number of fused-ring (bicyclic) bond motifs is 1. The van der Waals surface area contributed by atoms with Gasteiger partial charge < -0.3 is 30.7 Å². The first-order valence-corrected chi connectivity index (χ1v) is 30.7. The maximum absolute atomic E-state index is 13.8. The number of pyridine rings is 1. The summed E-state index contributed by atoms with van der Waals surface area (Å²) in [5.41, 5.74) is 13.5. The van der Waals surface area contributed by atoms with Crippen molar-refractivity contribution in [2.75, 3.05) is 32.8 Å². The zero-order chi connectivity index (χ0) is 64.8. The summed E-state index contributed by atoms with van der Waals surface area (Å²) in [4.78, 5) is 104. The number of amides is 2. The monoisotopic (exact) mass is 1230 g/mol. The lowest BCUT2D eigenvalue weighted by molar-refractivity contribution is -0.132. The van der Waals surface area contributed by atoms with Crippen LogP contribution in [0, 0.1) is 32.6 Å². The van der Waals surface area contributed by atoms with E-state index in [2.05, 4.69) is 57.6 Å². The van der Waals surface area contributed by atoms with Gasteiger partial charge in [0.05, 0.1) is 37.0 Å². The van der Waals surface area contributed by atoms with Crippen LogP contribution < -0.4 is 33.1 Å². The number of aliphatic hydroxyl groups is 3. The number of piperazine rings is 1. The van der Waals surface area contributed by atoms with Gasteiger partial charge in [0, 0.05) is 104 Å². The highest BCUT2D eigenvalue weighted by Crippen LogP contribution is 2.33. The Hall–Kier alpha value is -8.41. The lowest BCUT2D eigenvalue weighted by Crippen LogP contribution is -2.61. The molecule has 3 aromatic carbocycles. The lowest BCUT2D eigenvalue weighted by atomic mass is 9.91. The first kappa shape index (κ1) is 67.5. The topological polar surface area (TPSA) is 323 Å². The van der Waals surface area contributed by atoms with Crippen LogP contribution in [0.2, 0.25) is 0 Å². The van der Waals surface area contributed by atoms with Gasteiger partial charge in [0.25, 0.3) is 11.1 Å². The maximum Gasteiger partial charge on any atom is 0.330 e. The predicted molar refractivity (Wildman–Crippen MR) is 341 cm³/mol. The summed E-state index contributed by atoms with van der Waals surface area (Å²) >= 11 is 0. The van der Waals surface area contributed by atoms with Gasteiger partial charge in [-0.3, -0.25) is 57.9 Å². The number of aryl methyl sites for hydroxylation is 3. The van der Waals surface area contributed by atoms with E-state index in [9.17, 15) is 43.8 Å². The summed E-state index contributed by atoms with van der Waals surface area (Å²) in [6.45, 7) is 16.1. The molecule has 2 saturated heterocycles. The van der Waals surface area contributed by atoms with E-state index in [1.54, 1.807) is 13.1 Å². The third kappa shape index (κ3) is 17.7. The van der Waals surface area contributed by atoms with Gasteiger partial charge in [0.1, 0.15) is 18.0 Å². The average molecular weight is 1230 g/mol. The molecule has 0 bridgehead atoms. The molecule has 2 aliphatic carbocycles. The number of H-pyrrole nitrogens is 2. The summed E-state index contributed by atoms with van der Waals surface area (Å²) in [7, 11) is 0. The summed E-state index contributed by atoms with van der Waals surface area (Å²) in [5, 5.41) is 41.2. The van der Waals surface area contributed by atoms with Crippen molar-refractivity contribution in [2.45, 2.75) is 155 Å². The summed E-state index contributed by atoms with van der Waals surface area (Å²) in [6.07, 6.45) is 9.92. The van der Waals surface area contributed by atoms with Crippen molar-refractivity contribution in [3.05, 3.63) is 224 Å². The zero-order valence-electron chi connectivity index (χ0n) is 52.3. The Kier molecular flexibility index (Phi) is 23.2. The molecule has 2 amide bonds. The number of nitrogens with zero attached hydrogens (tertiary/aromatic N) is 8. The van der Waals surface area contributed by atoms with Crippen LogP contribution in [-0.2, 0) is 46.7 Å². The van der Waals surface area contributed by atoms with Crippen LogP contribution in [0.5, 0.6) is 0 Å². The fourth-order valence-electron chi connectivity index (χ4n) is 12.3. The highest BCUT2D eigenvalue weighted by Gasteiger charge is 2.39. The second-order valence-corrected chi connectivity index (χ2v) is 24.9. The molecule has 4 aliphatic rings. The molecule has 0 spiro atoms. The van der Waals surface area contributed by atoms with E-state index in [-0.39, 0.29) is 55.2 Å². The van der Waals surface area contributed by atoms with Gasteiger partial charge in [-0.1, -0.05) is 102 Å². The highest BCUT2D eigenvalue weighted by molar-refractivity contribution is 6.09. The number of nitrogens with one attached hydrogen (secondary N) is 4. The number of hydrogen-bond acceptors (Lipinski definition) is 15. The van der Waals surface area contributed by atoms with Crippen LogP contribution in [0.3, 0.4) is 0 Å². The van der Waals surface area contributed by atoms with E-state index in [4.69, 9.17) is 15.4 Å². The minimum Gasteiger partial charge on any atom is -0.394 e. The fraction of sp³-hybridized carbons (Fsp3) is 0.463. The van der Waals surface area contributed by atoms with E-state index in [0.717, 1.165) is 52.8 Å². The van der Waals surface area contributed by atoms with Gasteiger partial charge in [-0.25, -0.2) is 9.59 Å². The molecule has 2 fully saturated rings. The number of aliphatic hydroxyl groups excluding tert-OH is 3. The van der Waals surface area contributed by atoms with E-state index in [1.165, 1.54) is 15.3 Å². The van der Waals surface area contributed by atoms with Crippen LogP contribution in [0.15, 0.2) is 140 Å². The first-order valence-electron chi connectivity index (χ1n) is 30.7. The summed E-state index contributed by atoms with van der Waals surface area (Å²) in [6, 6.07) is 25.7. The quantitative estimate of drug-likeness (QED) is 0.0171. The van der Waals surface area contributed by atoms with Crippen LogP contribution in [0.25, 0.3) is 10.4 Å². The number of rotatable bonds is 19. The van der Waals surface area contributed by atoms with Gasteiger partial charge in [-0.15, -0.1) is 0 Å². The SMILES string of the molecule is CC(C)(C)NC(=O)[C@@H]1CN(Cc2cccnc2)CCN1C[C@@H](O)C[C@H](Cc1ccccc1)C(=O)N[C@H]1c2ccccc2C[C@H]1O.CCc1c(C(=O)c2cc(C)cc(C)c2)n(CC2CC=CC2)c(=O)[nH]c1=O.Cc1cn([C@H]2C[C@H](N=[N+]=[N-])[C@@H](CO)O2)c(=O)[nH]c1=O. The number of ether oxygens (including phenoxy) is 1. The molecule has 23 nitrogen and oxygen atoms in total. The Labute approximate surface area is 522 Å². The smallest absolute Gasteiger partial charge is 0.330 e. The van der Waals surface area contributed by atoms with Crippen molar-refractivity contribution >= 4 is 17.6 Å². The molecule has 478 valence electrons. The Bertz CT molecular complexity index is 3770. The van der Waals surface area contributed by atoms with E-state index < -0.39 is 76.6 Å². The minimum absolute atomic E-state index is 0.0712. The number of ketones is 1.